The number of furan rings is 1. The van der Waals surface area contributed by atoms with Gasteiger partial charge in [0.25, 0.3) is 5.91 Å². The van der Waals surface area contributed by atoms with Crippen LogP contribution in [-0.2, 0) is 15.6 Å². The van der Waals surface area contributed by atoms with Gasteiger partial charge in [0, 0.05) is 16.8 Å². The fraction of sp³-hybridized carbons (Fsp3) is 0.0769. The normalized spacial score (nSPS) is 11.6. The van der Waals surface area contributed by atoms with Gasteiger partial charge in [-0.05, 0) is 67.1 Å². The number of hydrogen-bond donors (Lipinski definition) is 1. The van der Waals surface area contributed by atoms with E-state index in [1.165, 1.54) is 30.0 Å². The van der Waals surface area contributed by atoms with E-state index in [0.717, 1.165) is 20.8 Å². The van der Waals surface area contributed by atoms with Gasteiger partial charge in [0.15, 0.2) is 15.6 Å². The first kappa shape index (κ1) is 22.1. The van der Waals surface area contributed by atoms with Crippen LogP contribution in [0.4, 0.5) is 5.69 Å². The molecule has 0 unspecified atom stereocenters. The molecule has 1 amide bonds. The van der Waals surface area contributed by atoms with Crippen molar-refractivity contribution in [3.8, 4) is 10.6 Å². The maximum atomic E-state index is 12.8. The Morgan fingerprint density at radius 1 is 1.00 bits per heavy atom. The van der Waals surface area contributed by atoms with Crippen molar-refractivity contribution >= 4 is 43.0 Å². The predicted molar refractivity (Wildman–Crippen MR) is 134 cm³/mol. The number of sulfone groups is 1. The van der Waals surface area contributed by atoms with E-state index in [-0.39, 0.29) is 16.4 Å². The molecule has 3 aromatic carbocycles. The molecular formula is C26H20N2O4S2. The lowest BCUT2D eigenvalue weighted by atomic mass is 10.2. The summed E-state index contributed by atoms with van der Waals surface area (Å²) in [5.74, 6) is -0.858. The molecule has 8 heteroatoms. The number of nitrogens with one attached hydrogen (secondary N) is 1. The van der Waals surface area contributed by atoms with Crippen LogP contribution in [0.15, 0.2) is 94.4 Å². The van der Waals surface area contributed by atoms with Crippen molar-refractivity contribution in [1.82, 2.24) is 4.98 Å². The number of carbonyl (C=O) groups excluding carboxylic acids is 1. The van der Waals surface area contributed by atoms with Crippen LogP contribution in [0.1, 0.15) is 21.7 Å². The first-order chi connectivity index (χ1) is 16.4. The Kier molecular flexibility index (Phi) is 5.77. The second-order valence-electron chi connectivity index (χ2n) is 7.87. The third-order valence-corrected chi connectivity index (χ3v) is 8.08. The SMILES string of the molecule is Cc1ccc2nc(-c3ccc(NC(=O)c4occc4CS(=O)(=O)c4ccccc4)cc3)sc2c1. The Balaban J connectivity index is 1.32. The number of rotatable bonds is 6. The Bertz CT molecular complexity index is 1590. The zero-order valence-electron chi connectivity index (χ0n) is 18.2. The van der Waals surface area contributed by atoms with Crippen molar-refractivity contribution in [2.45, 2.75) is 17.6 Å². The Morgan fingerprint density at radius 2 is 1.76 bits per heavy atom. The standard InChI is InChI=1S/C26H20N2O4S2/c1-17-7-12-22-23(15-17)33-26(28-22)18-8-10-20(11-9-18)27-25(29)24-19(13-14-32-24)16-34(30,31)21-5-3-2-4-6-21/h2-15H,16H2,1H3,(H,27,29). The zero-order chi connectivity index (χ0) is 23.7. The molecule has 0 fully saturated rings. The number of anilines is 1. The minimum Gasteiger partial charge on any atom is -0.459 e. The Labute approximate surface area is 200 Å². The van der Waals surface area contributed by atoms with Crippen molar-refractivity contribution in [2.75, 3.05) is 5.32 Å². The molecular weight excluding hydrogens is 468 g/mol. The van der Waals surface area contributed by atoms with Crippen LogP contribution in [0.2, 0.25) is 0 Å². The van der Waals surface area contributed by atoms with Crippen molar-refractivity contribution in [3.05, 3.63) is 102 Å². The summed E-state index contributed by atoms with van der Waals surface area (Å²) < 4.78 is 31.9. The van der Waals surface area contributed by atoms with Crippen LogP contribution in [-0.4, -0.2) is 19.3 Å². The fourth-order valence-electron chi connectivity index (χ4n) is 3.60. The highest BCUT2D eigenvalue weighted by Crippen LogP contribution is 2.31. The first-order valence-electron chi connectivity index (χ1n) is 10.5. The second-order valence-corrected chi connectivity index (χ2v) is 10.9. The second kappa shape index (κ2) is 8.89. The number of hydrogen-bond acceptors (Lipinski definition) is 6. The number of benzene rings is 3. The molecule has 2 heterocycles. The molecule has 5 aromatic rings. The van der Waals surface area contributed by atoms with Crippen molar-refractivity contribution in [3.63, 3.8) is 0 Å². The summed E-state index contributed by atoms with van der Waals surface area (Å²) in [6.45, 7) is 2.05. The highest BCUT2D eigenvalue weighted by atomic mass is 32.2. The summed E-state index contributed by atoms with van der Waals surface area (Å²) in [7, 11) is -3.61. The minimum absolute atomic E-state index is 0.0230. The molecule has 5 rings (SSSR count). The lowest BCUT2D eigenvalue weighted by Gasteiger charge is -2.07. The Morgan fingerprint density at radius 3 is 2.53 bits per heavy atom. The molecule has 0 bridgehead atoms. The van der Waals surface area contributed by atoms with Crippen LogP contribution in [0, 0.1) is 6.92 Å². The molecule has 0 saturated carbocycles. The van der Waals surface area contributed by atoms with Crippen LogP contribution in [0.3, 0.4) is 0 Å². The lowest BCUT2D eigenvalue weighted by Crippen LogP contribution is -2.14. The number of fused-ring (bicyclic) bond motifs is 1. The van der Waals surface area contributed by atoms with Gasteiger partial charge in [-0.15, -0.1) is 11.3 Å². The molecule has 1 N–H and O–H groups in total. The quantitative estimate of drug-likeness (QED) is 0.312. The zero-order valence-corrected chi connectivity index (χ0v) is 19.8. The highest BCUT2D eigenvalue weighted by molar-refractivity contribution is 7.90. The van der Waals surface area contributed by atoms with Gasteiger partial charge in [0.1, 0.15) is 5.01 Å². The summed E-state index contributed by atoms with van der Waals surface area (Å²) in [4.78, 5) is 17.7. The van der Waals surface area contributed by atoms with E-state index >= 15 is 0 Å². The van der Waals surface area contributed by atoms with E-state index in [4.69, 9.17) is 4.42 Å². The summed E-state index contributed by atoms with van der Waals surface area (Å²) in [5.41, 5.74) is 3.97. The summed E-state index contributed by atoms with van der Waals surface area (Å²) >= 11 is 1.62. The number of thiazole rings is 1. The van der Waals surface area contributed by atoms with Gasteiger partial charge in [-0.3, -0.25) is 4.79 Å². The van der Waals surface area contributed by atoms with Gasteiger partial charge in [-0.2, -0.15) is 0 Å². The minimum atomic E-state index is -3.61. The topological polar surface area (TPSA) is 89.3 Å². The predicted octanol–water partition coefficient (Wildman–Crippen LogP) is 6.09. The van der Waals surface area contributed by atoms with E-state index in [9.17, 15) is 13.2 Å². The van der Waals surface area contributed by atoms with E-state index in [1.807, 2.05) is 24.3 Å². The summed E-state index contributed by atoms with van der Waals surface area (Å²) in [6, 6.07) is 23.2. The number of aromatic nitrogens is 1. The van der Waals surface area contributed by atoms with Crippen LogP contribution < -0.4 is 5.32 Å². The maximum Gasteiger partial charge on any atom is 0.291 e. The summed E-state index contributed by atoms with van der Waals surface area (Å²) in [5, 5.41) is 3.68. The van der Waals surface area contributed by atoms with Gasteiger partial charge >= 0.3 is 0 Å². The maximum absolute atomic E-state index is 12.8. The molecule has 34 heavy (non-hydrogen) atoms. The van der Waals surface area contributed by atoms with Gasteiger partial charge in [-0.1, -0.05) is 24.3 Å². The van der Waals surface area contributed by atoms with Gasteiger partial charge in [0.2, 0.25) is 0 Å². The highest BCUT2D eigenvalue weighted by Gasteiger charge is 2.22. The molecule has 2 aromatic heterocycles. The smallest absolute Gasteiger partial charge is 0.291 e. The number of aryl methyl sites for hydroxylation is 1. The van der Waals surface area contributed by atoms with Crippen LogP contribution in [0.5, 0.6) is 0 Å². The van der Waals surface area contributed by atoms with Gasteiger partial charge < -0.3 is 9.73 Å². The third kappa shape index (κ3) is 4.50. The molecule has 0 saturated heterocycles. The van der Waals surface area contributed by atoms with E-state index in [2.05, 4.69) is 23.3 Å². The lowest BCUT2D eigenvalue weighted by molar-refractivity contribution is 0.0996. The largest absolute Gasteiger partial charge is 0.459 e. The molecule has 6 nitrogen and oxygen atoms in total. The monoisotopic (exact) mass is 488 g/mol. The van der Waals surface area contributed by atoms with Crippen LogP contribution in [0.25, 0.3) is 20.8 Å². The van der Waals surface area contributed by atoms with Gasteiger partial charge in [0.05, 0.1) is 27.1 Å². The van der Waals surface area contributed by atoms with E-state index in [0.29, 0.717) is 11.3 Å². The molecule has 170 valence electrons. The molecule has 0 aliphatic carbocycles. The average Bonchev–Trinajstić information content (AvgIpc) is 3.46. The van der Waals surface area contributed by atoms with Gasteiger partial charge in [-0.25, -0.2) is 13.4 Å². The average molecular weight is 489 g/mol. The van der Waals surface area contributed by atoms with Crippen LogP contribution >= 0.6 is 11.3 Å². The van der Waals surface area contributed by atoms with E-state index in [1.54, 1.807) is 41.7 Å². The molecule has 0 atom stereocenters. The first-order valence-corrected chi connectivity index (χ1v) is 13.0. The summed E-state index contributed by atoms with van der Waals surface area (Å²) in [6.07, 6.45) is 1.32. The Hall–Kier alpha value is -3.75. The molecule has 0 spiro atoms. The van der Waals surface area contributed by atoms with Crippen molar-refractivity contribution in [2.24, 2.45) is 0 Å². The van der Waals surface area contributed by atoms with E-state index < -0.39 is 15.7 Å². The molecule has 0 aliphatic heterocycles. The van der Waals surface area contributed by atoms with Crippen molar-refractivity contribution < 1.29 is 17.6 Å². The van der Waals surface area contributed by atoms with Crippen molar-refractivity contribution in [1.29, 1.82) is 0 Å². The number of nitrogens with zero attached hydrogens (tertiary/aromatic N) is 1. The third-order valence-electron chi connectivity index (χ3n) is 5.33. The number of carbonyl (C=O) groups is 1. The number of amides is 1. The fourth-order valence-corrected chi connectivity index (χ4v) is 6.05. The molecule has 0 aliphatic rings. The molecule has 0 radical (unpaired) electrons.